The van der Waals surface area contributed by atoms with Crippen LogP contribution in [0, 0.1) is 11.8 Å². The zero-order valence-electron chi connectivity index (χ0n) is 22.7. The minimum atomic E-state index is -4.44. The molecular weight excluding hydrogens is 565 g/mol. The molecule has 0 unspecified atom stereocenters. The summed E-state index contributed by atoms with van der Waals surface area (Å²) < 4.78 is 72.7. The van der Waals surface area contributed by atoms with Crippen molar-refractivity contribution in [3.63, 3.8) is 0 Å². The molecule has 15 heteroatoms. The number of ether oxygens (including phenoxy) is 1. The molecule has 3 N–H and O–H groups in total. The van der Waals surface area contributed by atoms with Crippen molar-refractivity contribution in [3.8, 4) is 5.88 Å². The van der Waals surface area contributed by atoms with Crippen molar-refractivity contribution >= 4 is 17.5 Å². The summed E-state index contributed by atoms with van der Waals surface area (Å²) in [4.78, 5) is 37.7. The monoisotopic (exact) mass is 595 g/mol. The summed E-state index contributed by atoms with van der Waals surface area (Å²) >= 11 is 0. The van der Waals surface area contributed by atoms with Crippen LogP contribution in [0.5, 0.6) is 5.88 Å². The van der Waals surface area contributed by atoms with Gasteiger partial charge in [0.25, 0.3) is 5.91 Å². The fraction of sp³-hybridized carbons (Fsp3) is 0.556. The molecule has 2 amide bonds. The van der Waals surface area contributed by atoms with E-state index in [9.17, 15) is 31.5 Å². The Morgan fingerprint density at radius 1 is 1.12 bits per heavy atom. The normalized spacial score (nSPS) is 18.9. The molecule has 3 aromatic heterocycles. The van der Waals surface area contributed by atoms with Crippen LogP contribution in [-0.2, 0) is 4.79 Å². The van der Waals surface area contributed by atoms with Crippen LogP contribution in [-0.4, -0.2) is 55.6 Å². The third kappa shape index (κ3) is 6.93. The van der Waals surface area contributed by atoms with Gasteiger partial charge in [-0.3, -0.25) is 9.59 Å². The van der Waals surface area contributed by atoms with Crippen LogP contribution < -0.4 is 15.8 Å². The SMILES string of the molecule is COc1cc(C(N)=O)nc([C@H](c2cn3ncc([C@H](NC(=O)CCC(F)(F)F)C4CC4)cc3n2)C2CCC(F)(F)CC2)n1. The summed E-state index contributed by atoms with van der Waals surface area (Å²) in [7, 11) is 1.36. The van der Waals surface area contributed by atoms with Gasteiger partial charge in [-0.15, -0.1) is 0 Å². The molecule has 2 aliphatic carbocycles. The number of hydrogen-bond acceptors (Lipinski definition) is 7. The number of halogens is 5. The van der Waals surface area contributed by atoms with Crippen LogP contribution in [0.4, 0.5) is 22.0 Å². The number of carbonyl (C=O) groups excluding carboxylic acids is 2. The van der Waals surface area contributed by atoms with Crippen LogP contribution in [0.25, 0.3) is 5.65 Å². The van der Waals surface area contributed by atoms with Crippen LogP contribution in [0.2, 0.25) is 0 Å². The Kier molecular flexibility index (Phi) is 8.03. The van der Waals surface area contributed by atoms with Gasteiger partial charge in [-0.05, 0) is 49.1 Å². The van der Waals surface area contributed by atoms with Gasteiger partial charge < -0.3 is 15.8 Å². The zero-order chi connectivity index (χ0) is 30.2. The quantitative estimate of drug-likeness (QED) is 0.330. The van der Waals surface area contributed by atoms with E-state index in [1.807, 2.05) is 0 Å². The number of alkyl halides is 5. The Morgan fingerprint density at radius 2 is 1.83 bits per heavy atom. The molecule has 3 aromatic rings. The van der Waals surface area contributed by atoms with Crippen molar-refractivity contribution in [1.29, 1.82) is 0 Å². The third-order valence-corrected chi connectivity index (χ3v) is 7.78. The van der Waals surface area contributed by atoms with E-state index in [1.54, 1.807) is 12.3 Å². The minimum absolute atomic E-state index is 0.0626. The maximum atomic E-state index is 14.1. The molecule has 2 saturated carbocycles. The van der Waals surface area contributed by atoms with Gasteiger partial charge in [0.2, 0.25) is 17.7 Å². The van der Waals surface area contributed by atoms with Crippen LogP contribution >= 0.6 is 0 Å². The Hall–Kier alpha value is -3.91. The number of nitrogens with one attached hydrogen (secondary N) is 1. The van der Waals surface area contributed by atoms with E-state index >= 15 is 0 Å². The second-order valence-electron chi connectivity index (χ2n) is 10.9. The molecule has 2 aliphatic rings. The van der Waals surface area contributed by atoms with Gasteiger partial charge in [0.15, 0.2) is 5.65 Å². The molecule has 3 heterocycles. The Labute approximate surface area is 237 Å². The van der Waals surface area contributed by atoms with E-state index in [4.69, 9.17) is 15.5 Å². The molecule has 0 spiro atoms. The number of hydrogen-bond donors (Lipinski definition) is 2. The van der Waals surface area contributed by atoms with Crippen LogP contribution in [0.1, 0.15) is 90.9 Å². The van der Waals surface area contributed by atoms with Crippen molar-refractivity contribution in [1.82, 2.24) is 29.9 Å². The predicted molar refractivity (Wildman–Crippen MR) is 138 cm³/mol. The van der Waals surface area contributed by atoms with Crippen molar-refractivity contribution in [2.75, 3.05) is 7.11 Å². The molecule has 226 valence electrons. The summed E-state index contributed by atoms with van der Waals surface area (Å²) in [6.07, 6.45) is -1.91. The Balaban J connectivity index is 1.48. The molecule has 5 rings (SSSR count). The van der Waals surface area contributed by atoms with Gasteiger partial charge in [0, 0.05) is 25.3 Å². The summed E-state index contributed by atoms with van der Waals surface area (Å²) in [5.41, 5.74) is 6.76. The van der Waals surface area contributed by atoms with Gasteiger partial charge in [0.1, 0.15) is 11.5 Å². The molecule has 2 atom stereocenters. The van der Waals surface area contributed by atoms with Crippen molar-refractivity contribution in [2.24, 2.45) is 17.6 Å². The molecule has 2 fully saturated rings. The van der Waals surface area contributed by atoms with Crippen molar-refractivity contribution in [2.45, 2.75) is 75.4 Å². The Morgan fingerprint density at radius 3 is 2.45 bits per heavy atom. The van der Waals surface area contributed by atoms with E-state index in [1.165, 1.54) is 23.9 Å². The number of rotatable bonds is 10. The second kappa shape index (κ2) is 11.4. The third-order valence-electron chi connectivity index (χ3n) is 7.78. The first-order valence-corrected chi connectivity index (χ1v) is 13.6. The predicted octanol–water partition coefficient (Wildman–Crippen LogP) is 4.49. The highest BCUT2D eigenvalue weighted by Gasteiger charge is 2.41. The van der Waals surface area contributed by atoms with E-state index in [0.717, 1.165) is 12.8 Å². The van der Waals surface area contributed by atoms with Crippen LogP contribution in [0.3, 0.4) is 0 Å². The zero-order valence-corrected chi connectivity index (χ0v) is 22.7. The lowest BCUT2D eigenvalue weighted by molar-refractivity contribution is -0.144. The second-order valence-corrected chi connectivity index (χ2v) is 10.9. The molecule has 42 heavy (non-hydrogen) atoms. The number of aromatic nitrogens is 5. The molecule has 10 nitrogen and oxygen atoms in total. The highest BCUT2D eigenvalue weighted by molar-refractivity contribution is 5.91. The van der Waals surface area contributed by atoms with E-state index in [-0.39, 0.29) is 54.9 Å². The fourth-order valence-corrected chi connectivity index (χ4v) is 5.43. The topological polar surface area (TPSA) is 137 Å². The lowest BCUT2D eigenvalue weighted by Crippen LogP contribution is -2.30. The number of methoxy groups -OCH3 is 1. The fourth-order valence-electron chi connectivity index (χ4n) is 5.43. The maximum Gasteiger partial charge on any atom is 0.389 e. The minimum Gasteiger partial charge on any atom is -0.481 e. The number of carbonyl (C=O) groups is 2. The van der Waals surface area contributed by atoms with Gasteiger partial charge in [-0.25, -0.2) is 23.3 Å². The molecule has 0 bridgehead atoms. The van der Waals surface area contributed by atoms with Gasteiger partial charge >= 0.3 is 6.18 Å². The van der Waals surface area contributed by atoms with E-state index in [0.29, 0.717) is 16.9 Å². The lowest BCUT2D eigenvalue weighted by Gasteiger charge is -2.32. The highest BCUT2D eigenvalue weighted by Crippen LogP contribution is 2.45. The Bertz CT molecular complexity index is 1460. The number of nitrogens with zero attached hydrogens (tertiary/aromatic N) is 5. The summed E-state index contributed by atoms with van der Waals surface area (Å²) in [6.45, 7) is 0. The van der Waals surface area contributed by atoms with Gasteiger partial charge in [0.05, 0.1) is 43.6 Å². The first kappa shape index (κ1) is 29.6. The molecule has 0 saturated heterocycles. The molecule has 0 radical (unpaired) electrons. The average molecular weight is 596 g/mol. The summed E-state index contributed by atoms with van der Waals surface area (Å²) in [5.74, 6) is -5.04. The van der Waals surface area contributed by atoms with Crippen LogP contribution in [0.15, 0.2) is 24.5 Å². The number of primary amides is 1. The van der Waals surface area contributed by atoms with Gasteiger partial charge in [-0.1, -0.05) is 0 Å². The average Bonchev–Trinajstić information content (AvgIpc) is 3.69. The van der Waals surface area contributed by atoms with E-state index < -0.39 is 48.7 Å². The maximum absolute atomic E-state index is 14.1. The van der Waals surface area contributed by atoms with Crippen molar-refractivity contribution in [3.05, 3.63) is 47.3 Å². The van der Waals surface area contributed by atoms with Gasteiger partial charge in [-0.2, -0.15) is 23.3 Å². The first-order chi connectivity index (χ1) is 19.8. The lowest BCUT2D eigenvalue weighted by atomic mass is 9.77. The number of amides is 2. The summed E-state index contributed by atoms with van der Waals surface area (Å²) in [6, 6.07) is 2.45. The first-order valence-electron chi connectivity index (χ1n) is 13.6. The number of imidazole rings is 1. The number of nitrogens with two attached hydrogens (primary N) is 1. The van der Waals surface area contributed by atoms with Crippen molar-refractivity contribution < 1.29 is 36.3 Å². The smallest absolute Gasteiger partial charge is 0.389 e. The van der Waals surface area contributed by atoms with E-state index in [2.05, 4.69) is 20.4 Å². The molecular formula is C27H30F5N7O3. The summed E-state index contributed by atoms with van der Waals surface area (Å²) in [5, 5.41) is 7.12. The highest BCUT2D eigenvalue weighted by atomic mass is 19.4. The molecule has 0 aromatic carbocycles. The molecule has 0 aliphatic heterocycles. The number of fused-ring (bicyclic) bond motifs is 1. The largest absolute Gasteiger partial charge is 0.481 e. The standard InChI is InChI=1S/C27H30F5N7O3/c1-42-21-11-17(24(33)41)36-25(38-21)22(14-4-7-26(28,29)8-5-14)18-13-39-19(35-18)10-16(12-34-39)23(15-2-3-15)37-20(40)6-9-27(30,31)32/h10-15,22-23H,2-9H2,1H3,(H2,33,41)(H,37,40)/t22-,23+/m0/s1.